The first kappa shape index (κ1) is 10.9. The largest absolute Gasteiger partial charge is 0.398 e. The Labute approximate surface area is 110 Å². The SMILES string of the molecule is CC12C[C@H]3C[C@@H](C1)CC(c1ccccc1N)(C3)C2. The zero-order chi connectivity index (χ0) is 12.4. The van der Waals surface area contributed by atoms with Crippen LogP contribution in [0.15, 0.2) is 24.3 Å². The van der Waals surface area contributed by atoms with Crippen LogP contribution in [0.25, 0.3) is 0 Å². The Morgan fingerprint density at radius 3 is 2.33 bits per heavy atom. The van der Waals surface area contributed by atoms with Crippen molar-refractivity contribution in [2.45, 2.75) is 50.9 Å². The number of para-hydroxylation sites is 1. The predicted octanol–water partition coefficient (Wildman–Crippen LogP) is 4.13. The van der Waals surface area contributed by atoms with Crippen molar-refractivity contribution >= 4 is 5.69 Å². The third kappa shape index (κ3) is 1.39. The molecule has 4 aliphatic rings. The Hall–Kier alpha value is -0.980. The first-order valence-electron chi connectivity index (χ1n) is 7.44. The molecule has 0 amide bonds. The van der Waals surface area contributed by atoms with Gasteiger partial charge in [0.2, 0.25) is 0 Å². The van der Waals surface area contributed by atoms with E-state index in [1.165, 1.54) is 44.1 Å². The molecule has 0 radical (unpaired) electrons. The third-order valence-corrected chi connectivity index (χ3v) is 5.89. The fourth-order valence-corrected chi connectivity index (χ4v) is 6.02. The maximum Gasteiger partial charge on any atom is 0.0352 e. The van der Waals surface area contributed by atoms with Gasteiger partial charge in [-0.25, -0.2) is 0 Å². The van der Waals surface area contributed by atoms with Gasteiger partial charge in [-0.05, 0) is 72.8 Å². The van der Waals surface area contributed by atoms with Crippen LogP contribution in [-0.4, -0.2) is 0 Å². The van der Waals surface area contributed by atoms with Crippen molar-refractivity contribution in [1.29, 1.82) is 0 Å². The van der Waals surface area contributed by atoms with Crippen molar-refractivity contribution < 1.29 is 0 Å². The van der Waals surface area contributed by atoms with Crippen molar-refractivity contribution in [3.8, 4) is 0 Å². The van der Waals surface area contributed by atoms with Gasteiger partial charge < -0.3 is 5.73 Å². The number of benzene rings is 1. The summed E-state index contributed by atoms with van der Waals surface area (Å²) in [6.45, 7) is 2.53. The van der Waals surface area contributed by atoms with Crippen molar-refractivity contribution in [2.75, 3.05) is 5.73 Å². The monoisotopic (exact) mass is 241 g/mol. The summed E-state index contributed by atoms with van der Waals surface area (Å²) in [7, 11) is 0. The van der Waals surface area contributed by atoms with E-state index >= 15 is 0 Å². The molecule has 4 bridgehead atoms. The molecule has 18 heavy (non-hydrogen) atoms. The van der Waals surface area contributed by atoms with Crippen LogP contribution in [0.3, 0.4) is 0 Å². The summed E-state index contributed by atoms with van der Waals surface area (Å²) < 4.78 is 0. The minimum atomic E-state index is 0.421. The molecule has 4 atom stereocenters. The molecule has 1 aromatic rings. The molecule has 1 nitrogen and oxygen atoms in total. The first-order chi connectivity index (χ1) is 8.59. The molecular weight excluding hydrogens is 218 g/mol. The molecule has 4 saturated carbocycles. The Bertz CT molecular complexity index is 476. The van der Waals surface area contributed by atoms with E-state index in [4.69, 9.17) is 5.73 Å². The Balaban J connectivity index is 1.82. The van der Waals surface area contributed by atoms with E-state index in [0.717, 1.165) is 17.5 Å². The summed E-state index contributed by atoms with van der Waals surface area (Å²) in [5, 5.41) is 0. The molecule has 0 heterocycles. The number of hydrogen-bond acceptors (Lipinski definition) is 1. The molecule has 1 heteroatoms. The minimum absolute atomic E-state index is 0.421. The van der Waals surface area contributed by atoms with Crippen LogP contribution in [0.4, 0.5) is 5.69 Å². The highest BCUT2D eigenvalue weighted by Gasteiger charge is 2.56. The van der Waals surface area contributed by atoms with Crippen molar-refractivity contribution in [2.24, 2.45) is 17.3 Å². The van der Waals surface area contributed by atoms with E-state index in [9.17, 15) is 0 Å². The normalized spacial score (nSPS) is 45.4. The zero-order valence-corrected chi connectivity index (χ0v) is 11.3. The highest BCUT2D eigenvalue weighted by molar-refractivity contribution is 5.51. The van der Waals surface area contributed by atoms with E-state index in [0.29, 0.717) is 10.8 Å². The van der Waals surface area contributed by atoms with Crippen LogP contribution in [0, 0.1) is 17.3 Å². The second-order valence-electron chi connectivity index (χ2n) is 7.64. The summed E-state index contributed by atoms with van der Waals surface area (Å²) in [6, 6.07) is 8.63. The van der Waals surface area contributed by atoms with Gasteiger partial charge in [0.1, 0.15) is 0 Å². The minimum Gasteiger partial charge on any atom is -0.398 e. The molecule has 0 spiro atoms. The lowest BCUT2D eigenvalue weighted by Gasteiger charge is -2.61. The van der Waals surface area contributed by atoms with Crippen LogP contribution in [0.1, 0.15) is 51.0 Å². The van der Waals surface area contributed by atoms with Gasteiger partial charge in [-0.1, -0.05) is 25.1 Å². The summed E-state index contributed by atoms with van der Waals surface area (Å²) in [6.07, 6.45) is 8.60. The second kappa shape index (κ2) is 3.31. The van der Waals surface area contributed by atoms with Gasteiger partial charge in [-0.2, -0.15) is 0 Å². The van der Waals surface area contributed by atoms with Crippen LogP contribution in [0.5, 0.6) is 0 Å². The van der Waals surface area contributed by atoms with Crippen LogP contribution in [-0.2, 0) is 5.41 Å². The number of anilines is 1. The molecule has 0 saturated heterocycles. The van der Waals surface area contributed by atoms with E-state index in [-0.39, 0.29) is 0 Å². The third-order valence-electron chi connectivity index (χ3n) is 5.89. The molecule has 1 aromatic carbocycles. The fourth-order valence-electron chi connectivity index (χ4n) is 6.02. The first-order valence-corrected chi connectivity index (χ1v) is 7.44. The Kier molecular flexibility index (Phi) is 2.01. The van der Waals surface area contributed by atoms with E-state index in [1.54, 1.807) is 0 Å². The average Bonchev–Trinajstić information content (AvgIpc) is 2.25. The molecule has 2 unspecified atom stereocenters. The molecule has 4 aliphatic carbocycles. The molecular formula is C17H23N. The average molecular weight is 241 g/mol. The Morgan fingerprint density at radius 2 is 1.72 bits per heavy atom. The summed E-state index contributed by atoms with van der Waals surface area (Å²) >= 11 is 0. The van der Waals surface area contributed by atoms with Gasteiger partial charge in [0.25, 0.3) is 0 Å². The van der Waals surface area contributed by atoms with Gasteiger partial charge in [0.05, 0.1) is 0 Å². The highest BCUT2D eigenvalue weighted by Crippen LogP contribution is 2.66. The highest BCUT2D eigenvalue weighted by atomic mass is 14.6. The number of hydrogen-bond donors (Lipinski definition) is 1. The summed E-state index contributed by atoms with van der Waals surface area (Å²) in [4.78, 5) is 0. The number of nitrogen functional groups attached to an aromatic ring is 1. The zero-order valence-electron chi connectivity index (χ0n) is 11.3. The summed E-state index contributed by atoms with van der Waals surface area (Å²) in [5.74, 6) is 1.94. The van der Waals surface area contributed by atoms with E-state index in [1.807, 2.05) is 0 Å². The quantitative estimate of drug-likeness (QED) is 0.735. The van der Waals surface area contributed by atoms with Crippen molar-refractivity contribution in [3.63, 3.8) is 0 Å². The van der Waals surface area contributed by atoms with Crippen LogP contribution < -0.4 is 5.73 Å². The standard InChI is InChI=1S/C17H23N/c1-16-7-12-6-13(8-16)10-17(9-12,11-16)14-4-2-3-5-15(14)18/h2-5,12-13H,6-11,18H2,1H3/t12-,13+,16?,17?. The number of rotatable bonds is 1. The topological polar surface area (TPSA) is 26.0 Å². The van der Waals surface area contributed by atoms with Gasteiger partial charge in [-0.3, -0.25) is 0 Å². The summed E-state index contributed by atoms with van der Waals surface area (Å²) in [5.41, 5.74) is 9.80. The van der Waals surface area contributed by atoms with Crippen LogP contribution in [0.2, 0.25) is 0 Å². The predicted molar refractivity (Wildman–Crippen MR) is 75.3 cm³/mol. The maximum atomic E-state index is 6.29. The molecule has 0 aliphatic heterocycles. The molecule has 0 aromatic heterocycles. The molecule has 96 valence electrons. The van der Waals surface area contributed by atoms with E-state index in [2.05, 4.69) is 31.2 Å². The smallest absolute Gasteiger partial charge is 0.0352 e. The van der Waals surface area contributed by atoms with Crippen LogP contribution >= 0.6 is 0 Å². The number of nitrogens with two attached hydrogens (primary N) is 1. The van der Waals surface area contributed by atoms with Gasteiger partial charge in [0, 0.05) is 5.69 Å². The second-order valence-corrected chi connectivity index (χ2v) is 7.64. The fraction of sp³-hybridized carbons (Fsp3) is 0.647. The molecule has 4 fully saturated rings. The van der Waals surface area contributed by atoms with Crippen molar-refractivity contribution in [3.05, 3.63) is 29.8 Å². The van der Waals surface area contributed by atoms with Gasteiger partial charge in [-0.15, -0.1) is 0 Å². The molecule has 2 N–H and O–H groups in total. The lowest BCUT2D eigenvalue weighted by Crippen LogP contribution is -2.53. The molecule has 5 rings (SSSR count). The maximum absolute atomic E-state index is 6.29. The van der Waals surface area contributed by atoms with Crippen molar-refractivity contribution in [1.82, 2.24) is 0 Å². The lowest BCUT2D eigenvalue weighted by molar-refractivity contribution is -0.0612. The van der Waals surface area contributed by atoms with E-state index < -0.39 is 0 Å². The lowest BCUT2D eigenvalue weighted by atomic mass is 9.43. The van der Waals surface area contributed by atoms with Gasteiger partial charge >= 0.3 is 0 Å². The Morgan fingerprint density at radius 1 is 1.06 bits per heavy atom. The van der Waals surface area contributed by atoms with Gasteiger partial charge in [0.15, 0.2) is 0 Å².